The van der Waals surface area contributed by atoms with Crippen molar-refractivity contribution in [2.45, 2.75) is 11.3 Å². The Morgan fingerprint density at radius 3 is 2.26 bits per heavy atom. The Morgan fingerprint density at radius 2 is 1.54 bits per heavy atom. The second kappa shape index (κ2) is 12.0. The van der Waals surface area contributed by atoms with E-state index in [9.17, 15) is 9.90 Å². The first-order valence-electron chi connectivity index (χ1n) is 12.0. The summed E-state index contributed by atoms with van der Waals surface area (Å²) in [7, 11) is 3.22. The summed E-state index contributed by atoms with van der Waals surface area (Å²) in [6, 6.07) is 23.3. The molecule has 0 spiro atoms. The topological polar surface area (TPSA) is 117 Å². The van der Waals surface area contributed by atoms with E-state index in [1.165, 1.54) is 17.8 Å². The van der Waals surface area contributed by atoms with Crippen molar-refractivity contribution in [3.63, 3.8) is 0 Å². The zero-order chi connectivity index (χ0) is 27.2. The van der Waals surface area contributed by atoms with Crippen LogP contribution in [0.5, 0.6) is 17.2 Å². The van der Waals surface area contributed by atoms with Gasteiger partial charge in [0.1, 0.15) is 40.8 Å². The van der Waals surface area contributed by atoms with Crippen LogP contribution in [0.2, 0.25) is 0 Å². The first-order valence-corrected chi connectivity index (χ1v) is 13.0. The summed E-state index contributed by atoms with van der Waals surface area (Å²) < 4.78 is 21.7. The van der Waals surface area contributed by atoms with Crippen LogP contribution in [-0.4, -0.2) is 53.0 Å². The van der Waals surface area contributed by atoms with E-state index in [0.717, 1.165) is 16.5 Å². The molecule has 198 valence electrons. The number of nitrogens with zero attached hydrogens (tertiary/aromatic N) is 3. The summed E-state index contributed by atoms with van der Waals surface area (Å²) in [6.07, 6.45) is -0.810. The van der Waals surface area contributed by atoms with Crippen LogP contribution in [-0.2, 0) is 0 Å². The van der Waals surface area contributed by atoms with E-state index in [1.54, 1.807) is 38.5 Å². The van der Waals surface area contributed by atoms with Gasteiger partial charge in [0.05, 0.1) is 20.3 Å². The second-order valence-corrected chi connectivity index (χ2v) is 9.47. The van der Waals surface area contributed by atoms with Crippen LogP contribution in [0.25, 0.3) is 33.5 Å². The normalized spacial score (nSPS) is 11.8. The van der Waals surface area contributed by atoms with Gasteiger partial charge in [0.25, 0.3) is 0 Å². The second-order valence-electron chi connectivity index (χ2n) is 8.49. The molecule has 39 heavy (non-hydrogen) atoms. The van der Waals surface area contributed by atoms with Crippen molar-refractivity contribution >= 4 is 22.7 Å². The van der Waals surface area contributed by atoms with Gasteiger partial charge in [0, 0.05) is 34.4 Å². The zero-order valence-corrected chi connectivity index (χ0v) is 22.1. The van der Waals surface area contributed by atoms with Gasteiger partial charge in [-0.3, -0.25) is 0 Å². The van der Waals surface area contributed by atoms with Crippen LogP contribution in [0.1, 0.15) is 0 Å². The van der Waals surface area contributed by atoms with Crippen molar-refractivity contribution in [3.05, 3.63) is 89.3 Å². The third-order valence-corrected chi connectivity index (χ3v) is 6.78. The molecule has 9 nitrogen and oxygen atoms in total. The third-order valence-electron chi connectivity index (χ3n) is 5.80. The molecule has 0 amide bonds. The van der Waals surface area contributed by atoms with Gasteiger partial charge in [-0.25, -0.2) is 9.78 Å². The minimum absolute atomic E-state index is 0.0354. The maximum absolute atomic E-state index is 11.5. The Morgan fingerprint density at radius 1 is 0.846 bits per heavy atom. The van der Waals surface area contributed by atoms with Crippen molar-refractivity contribution in [2.75, 3.05) is 26.6 Å². The number of methoxy groups -OCH3 is 2. The molecule has 0 bridgehead atoms. The molecule has 0 aliphatic heterocycles. The minimum Gasteiger partial charge on any atom is -0.497 e. The quantitative estimate of drug-likeness (QED) is 0.193. The lowest BCUT2D eigenvalue weighted by Crippen LogP contribution is -2.20. The van der Waals surface area contributed by atoms with Gasteiger partial charge in [0.2, 0.25) is 5.16 Å². The highest BCUT2D eigenvalue weighted by Gasteiger charge is 2.17. The number of hydrogen-bond acceptors (Lipinski definition) is 10. The number of hydrogen-bond donors (Lipinski definition) is 1. The molecule has 2 heterocycles. The maximum Gasteiger partial charge on any atom is 0.336 e. The number of thioether (sulfide) groups is 1. The molecule has 0 saturated heterocycles. The maximum atomic E-state index is 11.5. The highest BCUT2D eigenvalue weighted by atomic mass is 32.2. The molecule has 0 aliphatic carbocycles. The molecule has 1 N–H and O–H groups in total. The zero-order valence-electron chi connectivity index (χ0n) is 21.2. The lowest BCUT2D eigenvalue weighted by molar-refractivity contribution is 0.126. The molecule has 0 aliphatic rings. The van der Waals surface area contributed by atoms with Crippen molar-refractivity contribution < 1.29 is 23.7 Å². The Balaban J connectivity index is 1.32. The molecule has 5 aromatic rings. The highest BCUT2D eigenvalue weighted by Crippen LogP contribution is 2.33. The SMILES string of the molecule is COc1cccc(-c2nnc(SCC(O)COc3ccc4ccc(=O)oc4c3)nc2-c2cccc(OC)c2)c1. The number of fused-ring (bicyclic) bond motifs is 1. The summed E-state index contributed by atoms with van der Waals surface area (Å²) in [6.45, 7) is 0.0354. The monoisotopic (exact) mass is 543 g/mol. The van der Waals surface area contributed by atoms with Crippen LogP contribution in [0, 0.1) is 0 Å². The van der Waals surface area contributed by atoms with Gasteiger partial charge >= 0.3 is 5.63 Å². The van der Waals surface area contributed by atoms with E-state index in [2.05, 4.69) is 10.2 Å². The van der Waals surface area contributed by atoms with Crippen LogP contribution in [0.15, 0.2) is 93.2 Å². The summed E-state index contributed by atoms with van der Waals surface area (Å²) in [5.74, 6) is 2.15. The Hall–Kier alpha value is -4.41. The molecule has 2 aromatic heterocycles. The van der Waals surface area contributed by atoms with Gasteiger partial charge in [-0.1, -0.05) is 36.0 Å². The predicted molar refractivity (Wildman–Crippen MR) is 149 cm³/mol. The smallest absolute Gasteiger partial charge is 0.336 e. The fraction of sp³-hybridized carbons (Fsp3) is 0.172. The fourth-order valence-electron chi connectivity index (χ4n) is 3.85. The Labute approximate surface area is 228 Å². The van der Waals surface area contributed by atoms with E-state index >= 15 is 0 Å². The number of ether oxygens (including phenoxy) is 3. The van der Waals surface area contributed by atoms with E-state index in [0.29, 0.717) is 39.4 Å². The summed E-state index contributed by atoms with van der Waals surface area (Å²) in [5, 5.41) is 20.5. The Bertz CT molecular complexity index is 1660. The van der Waals surface area contributed by atoms with E-state index in [-0.39, 0.29) is 12.4 Å². The van der Waals surface area contributed by atoms with Gasteiger partial charge in [-0.05, 0) is 42.5 Å². The van der Waals surface area contributed by atoms with Gasteiger partial charge in [-0.2, -0.15) is 0 Å². The summed E-state index contributed by atoms with van der Waals surface area (Å²) >= 11 is 1.27. The predicted octanol–water partition coefficient (Wildman–Crippen LogP) is 4.86. The molecule has 0 fully saturated rings. The van der Waals surface area contributed by atoms with Gasteiger partial charge < -0.3 is 23.7 Å². The van der Waals surface area contributed by atoms with Crippen molar-refractivity contribution in [1.82, 2.24) is 15.2 Å². The third kappa shape index (κ3) is 6.36. The standard InChI is InChI=1S/C29H25N3O6S/c1-35-22-7-3-5-19(13-22)27-28(20-6-4-8-23(14-20)36-2)31-32-29(30-27)39-17-21(33)16-37-24-11-9-18-10-12-26(34)38-25(18)15-24/h3-15,21,33H,16-17H2,1-2H3. The molecule has 0 saturated carbocycles. The molecular formula is C29H25N3O6S. The van der Waals surface area contributed by atoms with Crippen molar-refractivity contribution in [1.29, 1.82) is 0 Å². The van der Waals surface area contributed by atoms with E-state index < -0.39 is 11.7 Å². The van der Waals surface area contributed by atoms with Gasteiger partial charge in [0.15, 0.2) is 0 Å². The molecule has 10 heteroatoms. The molecular weight excluding hydrogens is 518 g/mol. The van der Waals surface area contributed by atoms with Crippen LogP contribution >= 0.6 is 11.8 Å². The Kier molecular flexibility index (Phi) is 8.04. The average Bonchev–Trinajstić information content (AvgIpc) is 2.98. The summed E-state index contributed by atoms with van der Waals surface area (Å²) in [5.41, 5.74) is 2.83. The van der Waals surface area contributed by atoms with Crippen molar-refractivity contribution in [3.8, 4) is 39.8 Å². The summed E-state index contributed by atoms with van der Waals surface area (Å²) in [4.78, 5) is 16.3. The number of aromatic nitrogens is 3. The largest absolute Gasteiger partial charge is 0.497 e. The number of aliphatic hydroxyl groups excluding tert-OH is 1. The van der Waals surface area contributed by atoms with E-state index in [1.807, 2.05) is 48.5 Å². The first kappa shape index (κ1) is 26.2. The van der Waals surface area contributed by atoms with Crippen LogP contribution < -0.4 is 19.8 Å². The molecule has 1 atom stereocenters. The molecule has 3 aromatic carbocycles. The average molecular weight is 544 g/mol. The lowest BCUT2D eigenvalue weighted by atomic mass is 10.0. The van der Waals surface area contributed by atoms with Crippen LogP contribution in [0.3, 0.4) is 0 Å². The van der Waals surface area contributed by atoms with E-state index in [4.69, 9.17) is 23.6 Å². The first-order chi connectivity index (χ1) is 19.0. The molecule has 0 radical (unpaired) electrons. The molecule has 5 rings (SSSR count). The minimum atomic E-state index is -0.810. The van der Waals surface area contributed by atoms with Gasteiger partial charge in [-0.15, -0.1) is 10.2 Å². The highest BCUT2D eigenvalue weighted by molar-refractivity contribution is 7.99. The number of benzene rings is 3. The van der Waals surface area contributed by atoms with Crippen LogP contribution in [0.4, 0.5) is 0 Å². The number of aliphatic hydroxyl groups is 1. The molecule has 1 unspecified atom stereocenters. The van der Waals surface area contributed by atoms with Crippen molar-refractivity contribution in [2.24, 2.45) is 0 Å². The lowest BCUT2D eigenvalue weighted by Gasteiger charge is -2.13. The fourth-order valence-corrected chi connectivity index (χ4v) is 4.54. The number of rotatable bonds is 10.